The number of benzene rings is 1. The molecule has 3 nitrogen and oxygen atoms in total. The van der Waals surface area contributed by atoms with Crippen LogP contribution in [-0.2, 0) is 0 Å². The first-order valence-electron chi connectivity index (χ1n) is 5.51. The van der Waals surface area contributed by atoms with Crippen LogP contribution in [0.4, 0.5) is 5.69 Å². The first-order chi connectivity index (χ1) is 8.69. The molecule has 0 fully saturated rings. The number of anilines is 1. The number of halogens is 2. The van der Waals surface area contributed by atoms with Crippen molar-refractivity contribution in [2.24, 2.45) is 0 Å². The van der Waals surface area contributed by atoms with E-state index in [9.17, 15) is 0 Å². The van der Waals surface area contributed by atoms with Crippen molar-refractivity contribution in [1.82, 2.24) is 4.98 Å². The van der Waals surface area contributed by atoms with E-state index in [1.807, 2.05) is 25.1 Å². The van der Waals surface area contributed by atoms with E-state index >= 15 is 0 Å². The van der Waals surface area contributed by atoms with E-state index in [0.717, 1.165) is 16.7 Å². The molecule has 1 N–H and O–H groups in total. The Morgan fingerprint density at radius 2 is 2.17 bits per heavy atom. The normalized spacial score (nSPS) is 10.2. The summed E-state index contributed by atoms with van der Waals surface area (Å²) in [6.45, 7) is 2.86. The molecule has 0 bridgehead atoms. The molecule has 5 heteroatoms. The lowest BCUT2D eigenvalue weighted by atomic mass is 10.3. The Balaban J connectivity index is 2.22. The summed E-state index contributed by atoms with van der Waals surface area (Å²) >= 11 is 9.45. The van der Waals surface area contributed by atoms with Crippen molar-refractivity contribution in [3.8, 4) is 11.5 Å². The zero-order valence-corrected chi connectivity index (χ0v) is 12.1. The van der Waals surface area contributed by atoms with Crippen molar-refractivity contribution in [3.63, 3.8) is 0 Å². The number of hydrogen-bond donors (Lipinski definition) is 1. The third kappa shape index (κ3) is 3.37. The van der Waals surface area contributed by atoms with E-state index in [2.05, 4.69) is 26.2 Å². The van der Waals surface area contributed by atoms with Crippen LogP contribution in [0, 0.1) is 0 Å². The molecule has 0 aliphatic heterocycles. The van der Waals surface area contributed by atoms with Gasteiger partial charge < -0.3 is 10.1 Å². The predicted molar refractivity (Wildman–Crippen MR) is 77.6 cm³/mol. The first kappa shape index (κ1) is 13.2. The Bertz CT molecular complexity index is 548. The molecule has 0 unspecified atom stereocenters. The summed E-state index contributed by atoms with van der Waals surface area (Å²) in [5.41, 5.74) is 0.918. The highest BCUT2D eigenvalue weighted by atomic mass is 79.9. The topological polar surface area (TPSA) is 34.2 Å². The molecular formula is C13H12BrClN2O. The molecule has 0 aliphatic carbocycles. The van der Waals surface area contributed by atoms with E-state index < -0.39 is 0 Å². The number of rotatable bonds is 4. The van der Waals surface area contributed by atoms with Crippen LogP contribution in [0.2, 0.25) is 5.02 Å². The van der Waals surface area contributed by atoms with Crippen LogP contribution >= 0.6 is 27.5 Å². The Morgan fingerprint density at radius 3 is 2.94 bits per heavy atom. The maximum Gasteiger partial charge on any atom is 0.147 e. The van der Waals surface area contributed by atoms with Gasteiger partial charge in [0.05, 0.1) is 23.1 Å². The monoisotopic (exact) mass is 326 g/mol. The fourth-order valence-electron chi connectivity index (χ4n) is 1.46. The van der Waals surface area contributed by atoms with E-state index in [1.165, 1.54) is 0 Å². The van der Waals surface area contributed by atoms with E-state index in [4.69, 9.17) is 16.3 Å². The largest absolute Gasteiger partial charge is 0.454 e. The quantitative estimate of drug-likeness (QED) is 0.882. The van der Waals surface area contributed by atoms with Crippen molar-refractivity contribution < 1.29 is 4.74 Å². The molecule has 0 saturated carbocycles. The van der Waals surface area contributed by atoms with Crippen LogP contribution in [0.1, 0.15) is 6.92 Å². The van der Waals surface area contributed by atoms with Gasteiger partial charge in [0, 0.05) is 17.1 Å². The van der Waals surface area contributed by atoms with Gasteiger partial charge in [0.25, 0.3) is 0 Å². The van der Waals surface area contributed by atoms with Crippen LogP contribution < -0.4 is 10.1 Å². The summed E-state index contributed by atoms with van der Waals surface area (Å²) in [6, 6.07) is 7.35. The smallest absolute Gasteiger partial charge is 0.147 e. The fourth-order valence-corrected chi connectivity index (χ4v) is 1.95. The summed E-state index contributed by atoms with van der Waals surface area (Å²) in [6.07, 6.45) is 3.40. The van der Waals surface area contributed by atoms with Crippen molar-refractivity contribution in [1.29, 1.82) is 0 Å². The lowest BCUT2D eigenvalue weighted by molar-refractivity contribution is 0.480. The molecule has 0 aliphatic rings. The van der Waals surface area contributed by atoms with Gasteiger partial charge in [0.1, 0.15) is 11.5 Å². The number of aromatic nitrogens is 1. The minimum absolute atomic E-state index is 0.562. The van der Waals surface area contributed by atoms with E-state index in [0.29, 0.717) is 16.5 Å². The molecular weight excluding hydrogens is 316 g/mol. The molecule has 2 rings (SSSR count). The SMILES string of the molecule is CCNc1cncc(Oc2cc(Br)ccc2Cl)c1. The average Bonchev–Trinajstić information content (AvgIpc) is 2.35. The third-order valence-corrected chi connectivity index (χ3v) is 3.02. The molecule has 1 aromatic heterocycles. The minimum atomic E-state index is 0.562. The van der Waals surface area contributed by atoms with Crippen molar-refractivity contribution in [2.75, 3.05) is 11.9 Å². The Morgan fingerprint density at radius 1 is 1.33 bits per heavy atom. The highest BCUT2D eigenvalue weighted by Crippen LogP contribution is 2.32. The third-order valence-electron chi connectivity index (χ3n) is 2.22. The second kappa shape index (κ2) is 6.07. The number of ether oxygens (including phenoxy) is 1. The van der Waals surface area contributed by atoms with Crippen LogP contribution in [0.15, 0.2) is 41.1 Å². The van der Waals surface area contributed by atoms with Gasteiger partial charge >= 0.3 is 0 Å². The van der Waals surface area contributed by atoms with Gasteiger partial charge in [-0.3, -0.25) is 4.98 Å². The summed E-state index contributed by atoms with van der Waals surface area (Å²) in [5.74, 6) is 1.25. The number of nitrogens with zero attached hydrogens (tertiary/aromatic N) is 1. The van der Waals surface area contributed by atoms with Crippen LogP contribution in [0.25, 0.3) is 0 Å². The first-order valence-corrected chi connectivity index (χ1v) is 6.68. The van der Waals surface area contributed by atoms with Gasteiger partial charge in [-0.2, -0.15) is 0 Å². The summed E-state index contributed by atoms with van der Waals surface area (Å²) in [7, 11) is 0. The Kier molecular flexibility index (Phi) is 4.44. The van der Waals surface area contributed by atoms with Gasteiger partial charge in [-0.15, -0.1) is 0 Å². The van der Waals surface area contributed by atoms with Crippen molar-refractivity contribution >= 4 is 33.2 Å². The molecule has 1 heterocycles. The van der Waals surface area contributed by atoms with E-state index in [1.54, 1.807) is 18.5 Å². The maximum absolute atomic E-state index is 6.07. The second-order valence-electron chi connectivity index (χ2n) is 3.62. The molecule has 18 heavy (non-hydrogen) atoms. The molecule has 0 atom stereocenters. The Hall–Kier alpha value is -1.26. The van der Waals surface area contributed by atoms with Crippen molar-refractivity contribution in [2.45, 2.75) is 6.92 Å². The number of nitrogens with one attached hydrogen (secondary N) is 1. The second-order valence-corrected chi connectivity index (χ2v) is 4.94. The molecule has 0 saturated heterocycles. The fraction of sp³-hybridized carbons (Fsp3) is 0.154. The molecule has 2 aromatic rings. The molecule has 0 spiro atoms. The Labute approximate surface area is 119 Å². The zero-order valence-electron chi connectivity index (χ0n) is 9.78. The van der Waals surface area contributed by atoms with Gasteiger partial charge in [-0.1, -0.05) is 27.5 Å². The van der Waals surface area contributed by atoms with E-state index in [-0.39, 0.29) is 0 Å². The average molecular weight is 328 g/mol. The van der Waals surface area contributed by atoms with Gasteiger partial charge in [0.2, 0.25) is 0 Å². The maximum atomic E-state index is 6.07. The standard InChI is InChI=1S/C13H12BrClN2O/c1-2-17-10-6-11(8-16-7-10)18-13-5-9(14)3-4-12(13)15/h3-8,17H,2H2,1H3. The van der Waals surface area contributed by atoms with Crippen LogP contribution in [-0.4, -0.2) is 11.5 Å². The molecule has 0 amide bonds. The van der Waals surface area contributed by atoms with Crippen LogP contribution in [0.5, 0.6) is 11.5 Å². The van der Waals surface area contributed by atoms with Crippen LogP contribution in [0.3, 0.4) is 0 Å². The predicted octanol–water partition coefficient (Wildman–Crippen LogP) is 4.72. The molecule has 94 valence electrons. The van der Waals surface area contributed by atoms with Gasteiger partial charge in [0.15, 0.2) is 0 Å². The number of pyridine rings is 1. The zero-order chi connectivity index (χ0) is 13.0. The summed E-state index contributed by atoms with van der Waals surface area (Å²) in [4.78, 5) is 4.11. The lowest BCUT2D eigenvalue weighted by Gasteiger charge is -2.09. The summed E-state index contributed by atoms with van der Waals surface area (Å²) in [5, 5.41) is 3.74. The van der Waals surface area contributed by atoms with Gasteiger partial charge in [-0.05, 0) is 25.1 Å². The molecule has 1 aromatic carbocycles. The highest BCUT2D eigenvalue weighted by molar-refractivity contribution is 9.10. The summed E-state index contributed by atoms with van der Waals surface area (Å²) < 4.78 is 6.63. The number of hydrogen-bond acceptors (Lipinski definition) is 3. The van der Waals surface area contributed by atoms with Crippen molar-refractivity contribution in [3.05, 3.63) is 46.2 Å². The highest BCUT2D eigenvalue weighted by Gasteiger charge is 2.05. The lowest BCUT2D eigenvalue weighted by Crippen LogP contribution is -1.97. The van der Waals surface area contributed by atoms with Gasteiger partial charge in [-0.25, -0.2) is 0 Å². The minimum Gasteiger partial charge on any atom is -0.454 e. The molecule has 0 radical (unpaired) electrons.